The van der Waals surface area contributed by atoms with Crippen LogP contribution in [-0.2, 0) is 0 Å². The second-order valence-corrected chi connectivity index (χ2v) is 8.51. The van der Waals surface area contributed by atoms with E-state index in [1.165, 1.54) is 6.07 Å². The summed E-state index contributed by atoms with van der Waals surface area (Å²) in [7, 11) is 0. The van der Waals surface area contributed by atoms with E-state index in [0.717, 1.165) is 45.3 Å². The Labute approximate surface area is 159 Å². The van der Waals surface area contributed by atoms with E-state index < -0.39 is 0 Å². The van der Waals surface area contributed by atoms with Crippen molar-refractivity contribution in [1.29, 1.82) is 0 Å². The van der Waals surface area contributed by atoms with Crippen molar-refractivity contribution in [2.24, 2.45) is 23.5 Å². The summed E-state index contributed by atoms with van der Waals surface area (Å²) in [5.74, 6) is 1.40. The van der Waals surface area contributed by atoms with Gasteiger partial charge in [-0.15, -0.1) is 0 Å². The number of piperidine rings is 1. The first-order valence-electron chi connectivity index (χ1n) is 10.0. The summed E-state index contributed by atoms with van der Waals surface area (Å²) in [4.78, 5) is 28.1. The Morgan fingerprint density at radius 3 is 2.59 bits per heavy atom. The number of fused-ring (bicyclic) bond motifs is 1. The summed E-state index contributed by atoms with van der Waals surface area (Å²) in [6.45, 7) is 5.25. The van der Waals surface area contributed by atoms with Gasteiger partial charge in [-0.25, -0.2) is 0 Å². The average molecular weight is 372 g/mol. The number of nitro benzene ring substituents is 1. The maximum absolute atomic E-state index is 12.9. The normalized spacial score (nSPS) is 28.4. The molecule has 2 saturated heterocycles. The second kappa shape index (κ2) is 7.11. The van der Waals surface area contributed by atoms with Crippen LogP contribution in [0.15, 0.2) is 18.2 Å². The molecule has 3 atom stereocenters. The van der Waals surface area contributed by atoms with Gasteiger partial charge >= 0.3 is 0 Å². The standard InChI is InChI=1S/C20H28N4O3/c1-13-6-8-22(9-7-13)18-5-3-14(10-19(18)24(26)27)20(25)23-11-15-2-4-17(21)16(15)12-23/h3,5,10,13,15-17H,2,4,6-9,11-12,21H2,1H3. The summed E-state index contributed by atoms with van der Waals surface area (Å²) in [6, 6.07) is 5.13. The van der Waals surface area contributed by atoms with Crippen LogP contribution in [0.5, 0.6) is 0 Å². The Kier molecular flexibility index (Phi) is 4.80. The van der Waals surface area contributed by atoms with Crippen LogP contribution in [-0.4, -0.2) is 48.0 Å². The topological polar surface area (TPSA) is 92.7 Å². The van der Waals surface area contributed by atoms with E-state index in [-0.39, 0.29) is 22.6 Å². The zero-order valence-corrected chi connectivity index (χ0v) is 15.8. The molecule has 146 valence electrons. The van der Waals surface area contributed by atoms with Gasteiger partial charge < -0.3 is 15.5 Å². The Hall–Kier alpha value is -2.15. The van der Waals surface area contributed by atoms with Crippen LogP contribution >= 0.6 is 0 Å². The summed E-state index contributed by atoms with van der Waals surface area (Å²) < 4.78 is 0. The number of rotatable bonds is 3. The third-order valence-corrected chi connectivity index (χ3v) is 6.74. The lowest BCUT2D eigenvalue weighted by Crippen LogP contribution is -2.34. The number of anilines is 1. The molecule has 27 heavy (non-hydrogen) atoms. The molecule has 1 aromatic rings. The summed E-state index contributed by atoms with van der Waals surface area (Å²) in [6.07, 6.45) is 4.18. The average Bonchev–Trinajstić information content (AvgIpc) is 3.23. The predicted octanol–water partition coefficient (Wildman–Crippen LogP) is 2.64. The molecule has 7 nitrogen and oxygen atoms in total. The lowest BCUT2D eigenvalue weighted by Gasteiger charge is -2.31. The SMILES string of the molecule is CC1CCN(c2ccc(C(=O)N3CC4CCC(N)C4C3)cc2[N+](=O)[O-])CC1. The quantitative estimate of drug-likeness (QED) is 0.650. The first kappa shape index (κ1) is 18.2. The van der Waals surface area contributed by atoms with Gasteiger partial charge in [-0.05, 0) is 55.6 Å². The number of benzene rings is 1. The van der Waals surface area contributed by atoms with Crippen molar-refractivity contribution in [3.05, 3.63) is 33.9 Å². The van der Waals surface area contributed by atoms with Gasteiger partial charge in [-0.3, -0.25) is 14.9 Å². The monoisotopic (exact) mass is 372 g/mol. The van der Waals surface area contributed by atoms with E-state index in [4.69, 9.17) is 5.73 Å². The van der Waals surface area contributed by atoms with Crippen molar-refractivity contribution >= 4 is 17.3 Å². The number of likely N-dealkylation sites (tertiary alicyclic amines) is 1. The van der Waals surface area contributed by atoms with E-state index in [1.54, 1.807) is 12.1 Å². The lowest BCUT2D eigenvalue weighted by atomic mass is 9.98. The van der Waals surface area contributed by atoms with Crippen molar-refractivity contribution in [2.75, 3.05) is 31.1 Å². The molecule has 3 fully saturated rings. The lowest BCUT2D eigenvalue weighted by molar-refractivity contribution is -0.384. The van der Waals surface area contributed by atoms with E-state index in [1.807, 2.05) is 4.90 Å². The Balaban J connectivity index is 1.54. The molecule has 2 N–H and O–H groups in total. The minimum absolute atomic E-state index is 0.0338. The molecule has 1 aliphatic carbocycles. The van der Waals surface area contributed by atoms with Crippen LogP contribution in [0.25, 0.3) is 0 Å². The number of carbonyl (C=O) groups excluding carboxylic acids is 1. The van der Waals surface area contributed by atoms with Crippen LogP contribution in [0.2, 0.25) is 0 Å². The van der Waals surface area contributed by atoms with Gasteiger partial charge in [0.25, 0.3) is 11.6 Å². The van der Waals surface area contributed by atoms with Crippen LogP contribution in [0.1, 0.15) is 43.0 Å². The van der Waals surface area contributed by atoms with Gasteiger partial charge in [0.1, 0.15) is 5.69 Å². The molecule has 0 spiro atoms. The molecule has 7 heteroatoms. The van der Waals surface area contributed by atoms with Gasteiger partial charge in [-0.1, -0.05) is 6.92 Å². The van der Waals surface area contributed by atoms with Crippen LogP contribution < -0.4 is 10.6 Å². The number of amides is 1. The first-order chi connectivity index (χ1) is 12.9. The highest BCUT2D eigenvalue weighted by atomic mass is 16.6. The highest BCUT2D eigenvalue weighted by Gasteiger charge is 2.42. The number of nitrogens with zero attached hydrogens (tertiary/aromatic N) is 3. The van der Waals surface area contributed by atoms with Gasteiger partial charge in [0.15, 0.2) is 0 Å². The molecule has 0 aromatic heterocycles. The second-order valence-electron chi connectivity index (χ2n) is 8.51. The maximum atomic E-state index is 12.9. The first-order valence-corrected chi connectivity index (χ1v) is 10.0. The van der Waals surface area contributed by atoms with E-state index >= 15 is 0 Å². The Bertz CT molecular complexity index is 745. The fraction of sp³-hybridized carbons (Fsp3) is 0.650. The Morgan fingerprint density at radius 1 is 1.19 bits per heavy atom. The molecular weight excluding hydrogens is 344 g/mol. The zero-order chi connectivity index (χ0) is 19.1. The summed E-state index contributed by atoms with van der Waals surface area (Å²) >= 11 is 0. The summed E-state index contributed by atoms with van der Waals surface area (Å²) in [5.41, 5.74) is 7.23. The maximum Gasteiger partial charge on any atom is 0.293 e. The molecule has 1 saturated carbocycles. The minimum atomic E-state index is -0.362. The minimum Gasteiger partial charge on any atom is -0.366 e. The highest BCUT2D eigenvalue weighted by molar-refractivity contribution is 5.96. The molecule has 3 unspecified atom stereocenters. The van der Waals surface area contributed by atoms with Crippen molar-refractivity contribution in [2.45, 2.75) is 38.6 Å². The van der Waals surface area contributed by atoms with Crippen LogP contribution in [0.4, 0.5) is 11.4 Å². The third kappa shape index (κ3) is 3.40. The Morgan fingerprint density at radius 2 is 1.93 bits per heavy atom. The van der Waals surface area contributed by atoms with Gasteiger partial charge in [0.05, 0.1) is 4.92 Å². The van der Waals surface area contributed by atoms with E-state index in [2.05, 4.69) is 11.8 Å². The van der Waals surface area contributed by atoms with Crippen LogP contribution in [0.3, 0.4) is 0 Å². The van der Waals surface area contributed by atoms with Gasteiger partial charge in [-0.2, -0.15) is 0 Å². The number of carbonyl (C=O) groups is 1. The molecular formula is C20H28N4O3. The number of nitro groups is 1. The third-order valence-electron chi connectivity index (χ3n) is 6.74. The molecule has 3 aliphatic rings. The van der Waals surface area contributed by atoms with Gasteiger partial charge in [0, 0.05) is 43.9 Å². The van der Waals surface area contributed by atoms with Crippen molar-refractivity contribution < 1.29 is 9.72 Å². The smallest absolute Gasteiger partial charge is 0.293 e. The number of nitrogens with two attached hydrogens (primary N) is 1. The van der Waals surface area contributed by atoms with Crippen molar-refractivity contribution in [1.82, 2.24) is 4.90 Å². The van der Waals surface area contributed by atoms with Crippen molar-refractivity contribution in [3.8, 4) is 0 Å². The highest BCUT2D eigenvalue weighted by Crippen LogP contribution is 2.38. The molecule has 1 aromatic carbocycles. The van der Waals surface area contributed by atoms with Gasteiger partial charge in [0.2, 0.25) is 0 Å². The molecule has 0 radical (unpaired) electrons. The molecule has 2 heterocycles. The van der Waals surface area contributed by atoms with Crippen molar-refractivity contribution in [3.63, 3.8) is 0 Å². The number of hydrogen-bond acceptors (Lipinski definition) is 5. The molecule has 0 bridgehead atoms. The summed E-state index contributed by atoms with van der Waals surface area (Å²) in [5, 5.41) is 11.7. The van der Waals surface area contributed by atoms with E-state index in [0.29, 0.717) is 35.5 Å². The fourth-order valence-electron chi connectivity index (χ4n) is 4.98. The number of hydrogen-bond donors (Lipinski definition) is 1. The largest absolute Gasteiger partial charge is 0.366 e. The molecule has 1 amide bonds. The van der Waals surface area contributed by atoms with E-state index in [9.17, 15) is 14.9 Å². The zero-order valence-electron chi connectivity index (χ0n) is 15.8. The predicted molar refractivity (Wildman–Crippen MR) is 104 cm³/mol. The van der Waals surface area contributed by atoms with Crippen LogP contribution in [0, 0.1) is 27.9 Å². The fourth-order valence-corrected chi connectivity index (χ4v) is 4.98. The molecule has 2 aliphatic heterocycles. The molecule has 4 rings (SSSR count).